The van der Waals surface area contributed by atoms with E-state index in [0.29, 0.717) is 22.6 Å². The molecule has 2 heterocycles. The Morgan fingerprint density at radius 3 is 2.45 bits per heavy atom. The molecule has 2 aromatic heterocycles. The topological polar surface area (TPSA) is 106 Å². The molecule has 0 aliphatic rings. The van der Waals surface area contributed by atoms with Gasteiger partial charge in [0.05, 0.1) is 23.3 Å². The zero-order valence-electron chi connectivity index (χ0n) is 17.3. The molecule has 1 amide bonds. The van der Waals surface area contributed by atoms with Crippen molar-refractivity contribution in [3.05, 3.63) is 96.0 Å². The molecule has 0 aliphatic carbocycles. The van der Waals surface area contributed by atoms with Crippen molar-refractivity contribution >= 4 is 28.6 Å². The van der Waals surface area contributed by atoms with Crippen LogP contribution in [0.2, 0.25) is 0 Å². The van der Waals surface area contributed by atoms with E-state index in [1.54, 1.807) is 64.7 Å². The van der Waals surface area contributed by atoms with Gasteiger partial charge in [-0.1, -0.05) is 29.5 Å². The Labute approximate surface area is 193 Å². The second-order valence-electron chi connectivity index (χ2n) is 7.38. The van der Waals surface area contributed by atoms with Crippen LogP contribution in [0.3, 0.4) is 0 Å². The lowest BCUT2D eigenvalue weighted by molar-refractivity contribution is 0.102. The summed E-state index contributed by atoms with van der Waals surface area (Å²) in [5.41, 5.74) is 11.0. The number of nitrogens with zero attached hydrogens (tertiary/aromatic N) is 3. The number of rotatable bonds is 5. The number of hydrogen-bond acceptors (Lipinski definition) is 6. The number of thiophene rings is 1. The van der Waals surface area contributed by atoms with Crippen LogP contribution in [0.4, 0.5) is 11.4 Å². The van der Waals surface area contributed by atoms with Crippen molar-refractivity contribution < 1.29 is 9.90 Å². The minimum absolute atomic E-state index is 0.188. The van der Waals surface area contributed by atoms with E-state index in [2.05, 4.69) is 15.6 Å². The summed E-state index contributed by atoms with van der Waals surface area (Å²) < 4.78 is 1.62. The van der Waals surface area contributed by atoms with Crippen LogP contribution in [0.25, 0.3) is 27.4 Å². The quantitative estimate of drug-likeness (QED) is 0.317. The summed E-state index contributed by atoms with van der Waals surface area (Å²) >= 11 is 1.63. The van der Waals surface area contributed by atoms with E-state index in [-0.39, 0.29) is 11.7 Å². The lowest BCUT2D eigenvalue weighted by Crippen LogP contribution is -2.13. The van der Waals surface area contributed by atoms with E-state index >= 15 is 0 Å². The first kappa shape index (κ1) is 20.5. The van der Waals surface area contributed by atoms with Gasteiger partial charge >= 0.3 is 0 Å². The fraction of sp³-hybridized carbons (Fsp3) is 0. The highest BCUT2D eigenvalue weighted by atomic mass is 32.1. The van der Waals surface area contributed by atoms with Gasteiger partial charge in [0, 0.05) is 16.0 Å². The largest absolute Gasteiger partial charge is 0.508 e. The highest BCUT2D eigenvalue weighted by Gasteiger charge is 2.12. The van der Waals surface area contributed by atoms with Gasteiger partial charge in [0.25, 0.3) is 5.91 Å². The normalized spacial score (nSPS) is 10.8. The molecule has 0 atom stereocenters. The maximum Gasteiger partial charge on any atom is 0.255 e. The molecule has 5 aromatic rings. The molecule has 7 nitrogen and oxygen atoms in total. The van der Waals surface area contributed by atoms with E-state index in [9.17, 15) is 9.90 Å². The Hall–Kier alpha value is -4.43. The summed E-state index contributed by atoms with van der Waals surface area (Å²) in [4.78, 5) is 13.9. The smallest absolute Gasteiger partial charge is 0.255 e. The molecular weight excluding hydrogens is 434 g/mol. The van der Waals surface area contributed by atoms with Gasteiger partial charge in [-0.3, -0.25) is 4.79 Å². The summed E-state index contributed by atoms with van der Waals surface area (Å²) in [6.07, 6.45) is 1.79. The van der Waals surface area contributed by atoms with E-state index in [0.717, 1.165) is 21.7 Å². The number of phenols is 1. The van der Waals surface area contributed by atoms with Gasteiger partial charge in [-0.15, -0.1) is 16.4 Å². The molecule has 4 N–H and O–H groups in total. The zero-order valence-corrected chi connectivity index (χ0v) is 18.2. The molecule has 8 heteroatoms. The van der Waals surface area contributed by atoms with Crippen molar-refractivity contribution in [2.24, 2.45) is 0 Å². The Morgan fingerprint density at radius 1 is 0.970 bits per heavy atom. The molecule has 33 heavy (non-hydrogen) atoms. The number of aromatic hydroxyl groups is 1. The minimum Gasteiger partial charge on any atom is -0.508 e. The number of anilines is 2. The molecule has 162 valence electrons. The number of phenolic OH excluding ortho intramolecular Hbond substituents is 1. The number of nitrogens with two attached hydrogens (primary N) is 1. The predicted octanol–water partition coefficient (Wildman–Crippen LogP) is 5.20. The van der Waals surface area contributed by atoms with Crippen molar-refractivity contribution in [1.29, 1.82) is 0 Å². The van der Waals surface area contributed by atoms with E-state index in [1.165, 1.54) is 0 Å². The Kier molecular flexibility index (Phi) is 5.34. The zero-order chi connectivity index (χ0) is 22.8. The molecular formula is C25H19N5O2S. The molecule has 0 radical (unpaired) electrons. The molecule has 0 saturated carbocycles. The van der Waals surface area contributed by atoms with E-state index < -0.39 is 0 Å². The Bertz CT molecular complexity index is 1410. The standard InChI is InChI=1S/C25H19N5O2S/c26-21-12-7-18(24-2-1-13-33-24)14-22(21)27-25(32)17-5-3-16(4-6-17)23-15-30(29-28-23)19-8-10-20(31)11-9-19/h1-15,31H,26H2,(H,27,32). The van der Waals surface area contributed by atoms with Crippen molar-refractivity contribution in [1.82, 2.24) is 15.0 Å². The maximum atomic E-state index is 12.8. The lowest BCUT2D eigenvalue weighted by Gasteiger charge is -2.10. The van der Waals surface area contributed by atoms with Crippen molar-refractivity contribution in [2.45, 2.75) is 0 Å². The number of carbonyl (C=O) groups is 1. The van der Waals surface area contributed by atoms with Gasteiger partial charge in [-0.25, -0.2) is 4.68 Å². The van der Waals surface area contributed by atoms with Crippen molar-refractivity contribution in [2.75, 3.05) is 11.1 Å². The summed E-state index contributed by atoms with van der Waals surface area (Å²) in [5, 5.41) is 22.7. The van der Waals surface area contributed by atoms with Gasteiger partial charge < -0.3 is 16.2 Å². The lowest BCUT2D eigenvalue weighted by atomic mass is 10.1. The maximum absolute atomic E-state index is 12.8. The average molecular weight is 454 g/mol. The second-order valence-corrected chi connectivity index (χ2v) is 8.32. The Balaban J connectivity index is 1.32. The fourth-order valence-corrected chi connectivity index (χ4v) is 4.10. The molecule has 5 rings (SSSR count). The first-order valence-corrected chi connectivity index (χ1v) is 11.0. The van der Waals surface area contributed by atoms with Crippen LogP contribution in [0, 0.1) is 0 Å². The summed E-state index contributed by atoms with van der Waals surface area (Å²) in [5.74, 6) is -0.0581. The number of amides is 1. The third kappa shape index (κ3) is 4.32. The van der Waals surface area contributed by atoms with Gasteiger partial charge in [0.2, 0.25) is 0 Å². The highest BCUT2D eigenvalue weighted by Crippen LogP contribution is 2.30. The van der Waals surface area contributed by atoms with E-state index in [4.69, 9.17) is 5.73 Å². The van der Waals surface area contributed by atoms with Crippen molar-refractivity contribution in [3.8, 4) is 33.1 Å². The fourth-order valence-electron chi connectivity index (χ4n) is 3.38. The molecule has 0 spiro atoms. The summed E-state index contributed by atoms with van der Waals surface area (Å²) in [6, 6.07) is 23.4. The van der Waals surface area contributed by atoms with Crippen LogP contribution in [-0.4, -0.2) is 26.0 Å². The third-order valence-corrected chi connectivity index (χ3v) is 6.08. The van der Waals surface area contributed by atoms with Crippen molar-refractivity contribution in [3.63, 3.8) is 0 Å². The summed E-state index contributed by atoms with van der Waals surface area (Å²) in [6.45, 7) is 0. The van der Waals surface area contributed by atoms with Gasteiger partial charge in [-0.2, -0.15) is 0 Å². The van der Waals surface area contributed by atoms with Crippen LogP contribution in [0.1, 0.15) is 10.4 Å². The summed E-state index contributed by atoms with van der Waals surface area (Å²) in [7, 11) is 0. The molecule has 0 aliphatic heterocycles. The molecule has 0 saturated heterocycles. The minimum atomic E-state index is -0.246. The van der Waals surface area contributed by atoms with Crippen LogP contribution < -0.4 is 11.1 Å². The number of nitrogen functional groups attached to an aromatic ring is 1. The monoisotopic (exact) mass is 453 g/mol. The highest BCUT2D eigenvalue weighted by molar-refractivity contribution is 7.13. The van der Waals surface area contributed by atoms with Gasteiger partial charge in [-0.05, 0) is 65.5 Å². The van der Waals surface area contributed by atoms with E-state index in [1.807, 2.05) is 41.8 Å². The van der Waals surface area contributed by atoms with Crippen LogP contribution in [-0.2, 0) is 0 Å². The molecule has 0 fully saturated rings. The third-order valence-electron chi connectivity index (χ3n) is 5.16. The molecule has 0 unspecified atom stereocenters. The number of nitrogens with one attached hydrogen (secondary N) is 1. The average Bonchev–Trinajstić information content (AvgIpc) is 3.54. The number of aromatic nitrogens is 3. The van der Waals surface area contributed by atoms with Crippen LogP contribution >= 0.6 is 11.3 Å². The molecule has 3 aromatic carbocycles. The molecule has 0 bridgehead atoms. The SMILES string of the molecule is Nc1ccc(-c2cccs2)cc1NC(=O)c1ccc(-c2cn(-c3ccc(O)cc3)nn2)cc1. The van der Waals surface area contributed by atoms with Gasteiger partial charge in [0.15, 0.2) is 0 Å². The first-order chi connectivity index (χ1) is 16.1. The Morgan fingerprint density at radius 2 is 1.73 bits per heavy atom. The van der Waals surface area contributed by atoms with Crippen LogP contribution in [0.15, 0.2) is 90.4 Å². The number of carbonyl (C=O) groups excluding carboxylic acids is 1. The first-order valence-electron chi connectivity index (χ1n) is 10.1. The number of hydrogen-bond donors (Lipinski definition) is 3. The van der Waals surface area contributed by atoms with Gasteiger partial charge in [0.1, 0.15) is 11.4 Å². The number of benzene rings is 3. The predicted molar refractivity (Wildman–Crippen MR) is 131 cm³/mol. The van der Waals surface area contributed by atoms with Crippen LogP contribution in [0.5, 0.6) is 5.75 Å². The second kappa shape index (κ2) is 8.60.